The lowest BCUT2D eigenvalue weighted by molar-refractivity contribution is -0.116. The Labute approximate surface area is 73.6 Å². The van der Waals surface area contributed by atoms with Gasteiger partial charge in [0.25, 0.3) is 0 Å². The van der Waals surface area contributed by atoms with Gasteiger partial charge in [-0.25, -0.2) is 0 Å². The Morgan fingerprint density at radius 2 is 2.00 bits per heavy atom. The topological polar surface area (TPSA) is 55.1 Å². The quantitative estimate of drug-likeness (QED) is 0.610. The third kappa shape index (κ3) is 15.7. The molecule has 0 unspecified atom stereocenters. The summed E-state index contributed by atoms with van der Waals surface area (Å²) in [5.74, 6) is 0.151. The van der Waals surface area contributed by atoms with Crippen molar-refractivity contribution in [3.05, 3.63) is 0 Å². The Bertz CT molecular complexity index is 80.0. The van der Waals surface area contributed by atoms with Crippen molar-refractivity contribution in [3.63, 3.8) is 0 Å². The molecule has 3 N–H and O–H groups in total. The van der Waals surface area contributed by atoms with Gasteiger partial charge < -0.3 is 11.1 Å². The molecule has 0 aromatic heterocycles. The van der Waals surface area contributed by atoms with Crippen LogP contribution in [0.1, 0.15) is 6.92 Å². The highest BCUT2D eigenvalue weighted by atomic mass is 35.5. The summed E-state index contributed by atoms with van der Waals surface area (Å²) >= 11 is 0. The molecule has 0 aromatic rings. The Morgan fingerprint density at radius 3 is 2.30 bits per heavy atom. The summed E-state index contributed by atoms with van der Waals surface area (Å²) in [6.07, 6.45) is 0. The van der Waals surface area contributed by atoms with Crippen LogP contribution in [0.15, 0.2) is 0 Å². The SMILES string of the molecule is CC(=O)CNCCN.Cl.Cl. The van der Waals surface area contributed by atoms with Crippen LogP contribution in [0.4, 0.5) is 0 Å². The summed E-state index contributed by atoms with van der Waals surface area (Å²) in [6.45, 7) is 3.30. The number of Topliss-reactive ketones (excluding diaryl/α,β-unsaturated/α-hetero) is 1. The molecule has 64 valence electrons. The number of hydrogen-bond acceptors (Lipinski definition) is 3. The van der Waals surface area contributed by atoms with E-state index in [2.05, 4.69) is 5.32 Å². The molecule has 0 spiro atoms. The minimum atomic E-state index is 0. The van der Waals surface area contributed by atoms with Crippen LogP contribution in [-0.2, 0) is 4.79 Å². The number of nitrogens with one attached hydrogen (secondary N) is 1. The summed E-state index contributed by atoms with van der Waals surface area (Å²) in [6, 6.07) is 0. The van der Waals surface area contributed by atoms with Gasteiger partial charge in [0, 0.05) is 13.1 Å². The number of carbonyl (C=O) groups is 1. The molecular formula is C5H14Cl2N2O. The number of carbonyl (C=O) groups excluding carboxylic acids is 1. The van der Waals surface area contributed by atoms with Crippen LogP contribution in [-0.4, -0.2) is 25.4 Å². The summed E-state index contributed by atoms with van der Waals surface area (Å²) in [7, 11) is 0. The Kier molecular flexibility index (Phi) is 19.8. The summed E-state index contributed by atoms with van der Waals surface area (Å²) in [5.41, 5.74) is 5.14. The van der Waals surface area contributed by atoms with Crippen molar-refractivity contribution in [2.45, 2.75) is 6.92 Å². The lowest BCUT2D eigenvalue weighted by Gasteiger charge is -1.95. The zero-order chi connectivity index (χ0) is 6.41. The zero-order valence-corrected chi connectivity index (χ0v) is 7.56. The van der Waals surface area contributed by atoms with Crippen molar-refractivity contribution >= 4 is 30.6 Å². The van der Waals surface area contributed by atoms with Gasteiger partial charge in [-0.15, -0.1) is 24.8 Å². The van der Waals surface area contributed by atoms with Crippen molar-refractivity contribution in [1.82, 2.24) is 5.32 Å². The maximum Gasteiger partial charge on any atom is 0.143 e. The van der Waals surface area contributed by atoms with Crippen LogP contribution in [0.3, 0.4) is 0 Å². The van der Waals surface area contributed by atoms with Crippen LogP contribution in [0.2, 0.25) is 0 Å². The molecule has 0 fully saturated rings. The maximum atomic E-state index is 10.2. The van der Waals surface area contributed by atoms with Crippen LogP contribution < -0.4 is 11.1 Å². The van der Waals surface area contributed by atoms with Crippen LogP contribution in [0.25, 0.3) is 0 Å². The van der Waals surface area contributed by atoms with Crippen LogP contribution in [0.5, 0.6) is 0 Å². The fourth-order valence-electron chi connectivity index (χ4n) is 0.366. The first-order chi connectivity index (χ1) is 3.77. The summed E-state index contributed by atoms with van der Waals surface area (Å²) in [4.78, 5) is 10.2. The van der Waals surface area contributed by atoms with E-state index in [0.717, 1.165) is 6.54 Å². The molecular weight excluding hydrogens is 175 g/mol. The second kappa shape index (κ2) is 11.9. The Morgan fingerprint density at radius 1 is 1.50 bits per heavy atom. The van der Waals surface area contributed by atoms with Gasteiger partial charge in [0.15, 0.2) is 0 Å². The molecule has 0 saturated heterocycles. The van der Waals surface area contributed by atoms with E-state index in [-0.39, 0.29) is 30.6 Å². The first kappa shape index (κ1) is 16.6. The molecule has 0 aliphatic heterocycles. The van der Waals surface area contributed by atoms with Gasteiger partial charge in [0.05, 0.1) is 6.54 Å². The van der Waals surface area contributed by atoms with E-state index >= 15 is 0 Å². The predicted octanol–water partition coefficient (Wildman–Crippen LogP) is -0.0327. The predicted molar refractivity (Wildman–Crippen MR) is 47.1 cm³/mol. The molecule has 0 bridgehead atoms. The van der Waals surface area contributed by atoms with Gasteiger partial charge >= 0.3 is 0 Å². The average Bonchev–Trinajstić information content (AvgIpc) is 1.66. The largest absolute Gasteiger partial charge is 0.329 e. The second-order valence-corrected chi connectivity index (χ2v) is 1.67. The minimum Gasteiger partial charge on any atom is -0.329 e. The zero-order valence-electron chi connectivity index (χ0n) is 5.92. The molecule has 0 atom stereocenters. The first-order valence-electron chi connectivity index (χ1n) is 2.67. The highest BCUT2D eigenvalue weighted by molar-refractivity contribution is 5.85. The van der Waals surface area contributed by atoms with Gasteiger partial charge in [-0.1, -0.05) is 0 Å². The fourth-order valence-corrected chi connectivity index (χ4v) is 0.366. The highest BCUT2D eigenvalue weighted by Crippen LogP contribution is 1.61. The molecule has 10 heavy (non-hydrogen) atoms. The third-order valence-corrected chi connectivity index (χ3v) is 0.695. The van der Waals surface area contributed by atoms with E-state index in [4.69, 9.17) is 5.73 Å². The highest BCUT2D eigenvalue weighted by Gasteiger charge is 1.87. The minimum absolute atomic E-state index is 0. The molecule has 0 aliphatic carbocycles. The van der Waals surface area contributed by atoms with Crippen molar-refractivity contribution in [2.24, 2.45) is 5.73 Å². The van der Waals surface area contributed by atoms with E-state index in [1.54, 1.807) is 6.92 Å². The molecule has 0 heterocycles. The maximum absolute atomic E-state index is 10.2. The molecule has 0 amide bonds. The monoisotopic (exact) mass is 188 g/mol. The van der Waals surface area contributed by atoms with E-state index in [1.807, 2.05) is 0 Å². The number of nitrogens with two attached hydrogens (primary N) is 1. The van der Waals surface area contributed by atoms with Crippen molar-refractivity contribution in [3.8, 4) is 0 Å². The van der Waals surface area contributed by atoms with Crippen molar-refractivity contribution in [2.75, 3.05) is 19.6 Å². The molecule has 0 aromatic carbocycles. The Balaban J connectivity index is -0.000000245. The van der Waals surface area contributed by atoms with E-state index < -0.39 is 0 Å². The summed E-state index contributed by atoms with van der Waals surface area (Å²) < 4.78 is 0. The molecule has 5 heteroatoms. The lowest BCUT2D eigenvalue weighted by atomic mass is 10.4. The summed E-state index contributed by atoms with van der Waals surface area (Å²) in [5, 5.41) is 2.86. The number of hydrogen-bond donors (Lipinski definition) is 2. The molecule has 0 aliphatic rings. The smallest absolute Gasteiger partial charge is 0.143 e. The normalized spacial score (nSPS) is 7.40. The lowest BCUT2D eigenvalue weighted by Crippen LogP contribution is -2.26. The molecule has 0 radical (unpaired) electrons. The van der Waals surface area contributed by atoms with Gasteiger partial charge in [0.2, 0.25) is 0 Å². The Hall–Kier alpha value is 0.170. The fraction of sp³-hybridized carbons (Fsp3) is 0.800. The van der Waals surface area contributed by atoms with E-state index in [9.17, 15) is 4.79 Å². The standard InChI is InChI=1S/C5H12N2O.2ClH/c1-5(8)4-7-3-2-6;;/h7H,2-4,6H2,1H3;2*1H. The van der Waals surface area contributed by atoms with Gasteiger partial charge in [-0.2, -0.15) is 0 Å². The van der Waals surface area contributed by atoms with Gasteiger partial charge in [-0.05, 0) is 6.92 Å². The van der Waals surface area contributed by atoms with Crippen molar-refractivity contribution < 1.29 is 4.79 Å². The van der Waals surface area contributed by atoms with E-state index in [1.165, 1.54) is 0 Å². The van der Waals surface area contributed by atoms with Gasteiger partial charge in [-0.3, -0.25) is 4.79 Å². The van der Waals surface area contributed by atoms with E-state index in [0.29, 0.717) is 13.1 Å². The number of rotatable bonds is 4. The third-order valence-electron chi connectivity index (χ3n) is 0.695. The van der Waals surface area contributed by atoms with Crippen molar-refractivity contribution in [1.29, 1.82) is 0 Å². The number of ketones is 1. The molecule has 3 nitrogen and oxygen atoms in total. The van der Waals surface area contributed by atoms with Crippen LogP contribution in [0, 0.1) is 0 Å². The van der Waals surface area contributed by atoms with Gasteiger partial charge in [0.1, 0.15) is 5.78 Å². The second-order valence-electron chi connectivity index (χ2n) is 1.67. The molecule has 0 saturated carbocycles. The van der Waals surface area contributed by atoms with Crippen LogP contribution >= 0.6 is 24.8 Å². The molecule has 0 rings (SSSR count). The average molecular weight is 189 g/mol. The first-order valence-corrected chi connectivity index (χ1v) is 2.67. The number of halogens is 2.